The number of nitrogens with zero attached hydrogens (tertiary/aromatic N) is 2. The smallest absolute Gasteiger partial charge is 0.128 e. The SMILES string of the molecule is Cc1cc2c(cc1F)nc(CCCl)n2C(C)c1cccs1. The molecule has 1 unspecified atom stereocenters. The van der Waals surface area contributed by atoms with Crippen molar-refractivity contribution in [2.75, 3.05) is 5.88 Å². The number of thiophene rings is 1. The van der Waals surface area contributed by atoms with E-state index >= 15 is 0 Å². The van der Waals surface area contributed by atoms with Crippen LogP contribution in [0.5, 0.6) is 0 Å². The maximum atomic E-state index is 13.8. The summed E-state index contributed by atoms with van der Waals surface area (Å²) in [7, 11) is 0. The molecule has 21 heavy (non-hydrogen) atoms. The molecule has 0 bridgehead atoms. The number of fused-ring (bicyclic) bond motifs is 1. The summed E-state index contributed by atoms with van der Waals surface area (Å²) in [5, 5.41) is 2.07. The minimum Gasteiger partial charge on any atom is -0.320 e. The van der Waals surface area contributed by atoms with Crippen molar-refractivity contribution in [3.05, 3.63) is 51.7 Å². The summed E-state index contributed by atoms with van der Waals surface area (Å²) in [5.74, 6) is 1.20. The maximum Gasteiger partial charge on any atom is 0.128 e. The molecule has 0 amide bonds. The standard InChI is InChI=1S/C16H16ClFN2S/c1-10-8-14-13(9-12(10)18)19-16(5-6-17)20(14)11(2)15-4-3-7-21-15/h3-4,7-9,11H,5-6H2,1-2H3. The molecule has 3 aromatic rings. The molecule has 0 spiro atoms. The van der Waals surface area contributed by atoms with Crippen molar-refractivity contribution in [2.24, 2.45) is 0 Å². The van der Waals surface area contributed by atoms with Gasteiger partial charge in [-0.15, -0.1) is 22.9 Å². The minimum absolute atomic E-state index is 0.165. The van der Waals surface area contributed by atoms with Gasteiger partial charge in [-0.3, -0.25) is 0 Å². The number of halogens is 2. The topological polar surface area (TPSA) is 17.8 Å². The summed E-state index contributed by atoms with van der Waals surface area (Å²) in [4.78, 5) is 5.84. The maximum absolute atomic E-state index is 13.8. The predicted octanol–water partition coefficient (Wildman–Crippen LogP) is 4.94. The monoisotopic (exact) mass is 322 g/mol. The normalized spacial score (nSPS) is 13.0. The molecule has 1 aromatic carbocycles. The van der Waals surface area contributed by atoms with Crippen molar-refractivity contribution in [1.82, 2.24) is 9.55 Å². The Balaban J connectivity index is 2.22. The average Bonchev–Trinajstić information content (AvgIpc) is 3.07. The van der Waals surface area contributed by atoms with Crippen LogP contribution in [0.15, 0.2) is 29.6 Å². The molecule has 3 rings (SSSR count). The Morgan fingerprint density at radius 1 is 1.43 bits per heavy atom. The highest BCUT2D eigenvalue weighted by atomic mass is 35.5. The van der Waals surface area contributed by atoms with E-state index in [0.29, 0.717) is 23.4 Å². The number of hydrogen-bond acceptors (Lipinski definition) is 2. The van der Waals surface area contributed by atoms with Gasteiger partial charge in [0.1, 0.15) is 11.6 Å². The number of alkyl halides is 1. The van der Waals surface area contributed by atoms with Crippen molar-refractivity contribution in [3.63, 3.8) is 0 Å². The molecule has 2 heterocycles. The number of benzene rings is 1. The minimum atomic E-state index is -0.214. The third-order valence-corrected chi connectivity index (χ3v) is 4.93. The largest absolute Gasteiger partial charge is 0.320 e. The third kappa shape index (κ3) is 2.58. The zero-order valence-corrected chi connectivity index (χ0v) is 13.5. The second kappa shape index (κ2) is 5.78. The molecule has 0 aliphatic rings. The lowest BCUT2D eigenvalue weighted by atomic mass is 10.2. The highest BCUT2D eigenvalue weighted by Crippen LogP contribution is 2.30. The fourth-order valence-electron chi connectivity index (χ4n) is 2.62. The van der Waals surface area contributed by atoms with Crippen LogP contribution in [0, 0.1) is 12.7 Å². The Kier molecular flexibility index (Phi) is 4.00. The van der Waals surface area contributed by atoms with Crippen molar-refractivity contribution < 1.29 is 4.39 Å². The van der Waals surface area contributed by atoms with E-state index in [0.717, 1.165) is 11.3 Å². The van der Waals surface area contributed by atoms with Gasteiger partial charge in [0, 0.05) is 23.2 Å². The summed E-state index contributed by atoms with van der Waals surface area (Å²) in [5.41, 5.74) is 2.30. The first kappa shape index (κ1) is 14.5. The fourth-order valence-corrected chi connectivity index (χ4v) is 3.56. The molecule has 0 saturated carbocycles. The molecule has 0 aliphatic heterocycles. The molecular formula is C16H16ClFN2S. The molecule has 5 heteroatoms. The Labute approximate surface area is 132 Å². The van der Waals surface area contributed by atoms with Crippen LogP contribution in [0.1, 0.15) is 29.2 Å². The van der Waals surface area contributed by atoms with Crippen molar-refractivity contribution >= 4 is 34.0 Å². The Bertz CT molecular complexity index is 764. The zero-order chi connectivity index (χ0) is 15.0. The summed E-state index contributed by atoms with van der Waals surface area (Å²) in [6.45, 7) is 3.92. The molecular weight excluding hydrogens is 307 g/mol. The van der Waals surface area contributed by atoms with Gasteiger partial charge in [0.15, 0.2) is 0 Å². The van der Waals surface area contributed by atoms with Crippen LogP contribution >= 0.6 is 22.9 Å². The second-order valence-corrected chi connectivity index (χ2v) is 6.48. The van der Waals surface area contributed by atoms with E-state index < -0.39 is 0 Å². The van der Waals surface area contributed by atoms with E-state index in [4.69, 9.17) is 11.6 Å². The van der Waals surface area contributed by atoms with E-state index in [1.807, 2.05) is 12.1 Å². The van der Waals surface area contributed by atoms with E-state index in [1.54, 1.807) is 18.3 Å². The molecule has 0 saturated heterocycles. The Hall–Kier alpha value is -1.39. The first-order valence-corrected chi connectivity index (χ1v) is 8.29. The van der Waals surface area contributed by atoms with Gasteiger partial charge in [-0.25, -0.2) is 9.37 Å². The van der Waals surface area contributed by atoms with Crippen LogP contribution in [0.25, 0.3) is 11.0 Å². The van der Waals surface area contributed by atoms with E-state index in [9.17, 15) is 4.39 Å². The van der Waals surface area contributed by atoms with Crippen molar-refractivity contribution in [2.45, 2.75) is 26.3 Å². The van der Waals surface area contributed by atoms with Crippen molar-refractivity contribution in [1.29, 1.82) is 0 Å². The highest BCUT2D eigenvalue weighted by Gasteiger charge is 2.18. The Morgan fingerprint density at radius 3 is 2.90 bits per heavy atom. The molecule has 0 fully saturated rings. The molecule has 1 atom stereocenters. The summed E-state index contributed by atoms with van der Waals surface area (Å²) >= 11 is 7.62. The number of hydrogen-bond donors (Lipinski definition) is 0. The first-order valence-electron chi connectivity index (χ1n) is 6.88. The quantitative estimate of drug-likeness (QED) is 0.622. The van der Waals surface area contributed by atoms with E-state index in [2.05, 4.69) is 27.9 Å². The van der Waals surface area contributed by atoms with Crippen LogP contribution in [-0.4, -0.2) is 15.4 Å². The lowest BCUT2D eigenvalue weighted by Crippen LogP contribution is -2.10. The van der Waals surface area contributed by atoms with Crippen LogP contribution in [0.4, 0.5) is 4.39 Å². The van der Waals surface area contributed by atoms with Gasteiger partial charge in [-0.05, 0) is 36.9 Å². The second-order valence-electron chi connectivity index (χ2n) is 5.12. The van der Waals surface area contributed by atoms with E-state index in [1.165, 1.54) is 10.9 Å². The van der Waals surface area contributed by atoms with Crippen LogP contribution < -0.4 is 0 Å². The molecule has 2 nitrogen and oxygen atoms in total. The summed E-state index contributed by atoms with van der Waals surface area (Å²) < 4.78 is 16.0. The van der Waals surface area contributed by atoms with Gasteiger partial charge >= 0.3 is 0 Å². The Morgan fingerprint density at radius 2 is 2.24 bits per heavy atom. The molecule has 2 aromatic heterocycles. The summed E-state index contributed by atoms with van der Waals surface area (Å²) in [6, 6.07) is 7.71. The van der Waals surface area contributed by atoms with Crippen LogP contribution in [0.2, 0.25) is 0 Å². The highest BCUT2D eigenvalue weighted by molar-refractivity contribution is 7.10. The fraction of sp³-hybridized carbons (Fsp3) is 0.312. The van der Waals surface area contributed by atoms with Crippen LogP contribution in [-0.2, 0) is 6.42 Å². The number of imidazole rings is 1. The summed E-state index contributed by atoms with van der Waals surface area (Å²) in [6.07, 6.45) is 0.673. The van der Waals surface area contributed by atoms with Gasteiger partial charge in [0.25, 0.3) is 0 Å². The molecule has 0 aliphatic carbocycles. The van der Waals surface area contributed by atoms with Gasteiger partial charge in [0.2, 0.25) is 0 Å². The van der Waals surface area contributed by atoms with Crippen molar-refractivity contribution in [3.8, 4) is 0 Å². The number of aromatic nitrogens is 2. The molecule has 0 radical (unpaired) electrons. The number of rotatable bonds is 4. The lowest BCUT2D eigenvalue weighted by molar-refractivity contribution is 0.618. The van der Waals surface area contributed by atoms with Gasteiger partial charge < -0.3 is 4.57 Å². The van der Waals surface area contributed by atoms with Crippen LogP contribution in [0.3, 0.4) is 0 Å². The van der Waals surface area contributed by atoms with Gasteiger partial charge in [-0.1, -0.05) is 6.07 Å². The zero-order valence-electron chi connectivity index (χ0n) is 11.9. The number of aryl methyl sites for hydroxylation is 2. The predicted molar refractivity (Wildman–Crippen MR) is 87.0 cm³/mol. The van der Waals surface area contributed by atoms with Gasteiger partial charge in [-0.2, -0.15) is 0 Å². The lowest BCUT2D eigenvalue weighted by Gasteiger charge is -2.16. The third-order valence-electron chi connectivity index (χ3n) is 3.70. The molecule has 0 N–H and O–H groups in total. The first-order chi connectivity index (χ1) is 10.1. The average molecular weight is 323 g/mol. The van der Waals surface area contributed by atoms with E-state index in [-0.39, 0.29) is 11.9 Å². The molecule has 110 valence electrons. The van der Waals surface area contributed by atoms with Gasteiger partial charge in [0.05, 0.1) is 17.1 Å².